The summed E-state index contributed by atoms with van der Waals surface area (Å²) >= 11 is 4.14. The van der Waals surface area contributed by atoms with E-state index >= 15 is 0 Å². The number of aryl methyl sites for hydroxylation is 1. The molecule has 0 fully saturated rings. The molecular formula is C12H11FOS. The third-order valence-electron chi connectivity index (χ3n) is 2.46. The third-order valence-corrected chi connectivity index (χ3v) is 2.72. The number of halogens is 1. The van der Waals surface area contributed by atoms with Gasteiger partial charge in [0.2, 0.25) is 0 Å². The molecule has 0 aromatic heterocycles. The van der Waals surface area contributed by atoms with Crippen LogP contribution in [0.1, 0.15) is 11.1 Å². The van der Waals surface area contributed by atoms with Crippen LogP contribution >= 0.6 is 12.6 Å². The van der Waals surface area contributed by atoms with E-state index in [4.69, 9.17) is 4.74 Å². The standard InChI is InChI=1S/C12H11FOS/c1-7-3-9-10(6-15)8(2)5-14-12(9)4-11(7)13/h3-4,6,15H,2,5H2,1H3/b10-6+. The minimum absolute atomic E-state index is 0.250. The summed E-state index contributed by atoms with van der Waals surface area (Å²) in [6.45, 7) is 6.00. The molecule has 1 nitrogen and oxygen atoms in total. The van der Waals surface area contributed by atoms with Gasteiger partial charge in [-0.1, -0.05) is 6.58 Å². The van der Waals surface area contributed by atoms with Crippen molar-refractivity contribution in [1.29, 1.82) is 0 Å². The van der Waals surface area contributed by atoms with Crippen LogP contribution in [-0.4, -0.2) is 6.61 Å². The molecule has 1 aromatic rings. The first-order chi connectivity index (χ1) is 7.13. The van der Waals surface area contributed by atoms with Gasteiger partial charge in [0.25, 0.3) is 0 Å². The predicted octanol–water partition coefficient (Wildman–Crippen LogP) is 3.35. The molecule has 0 saturated heterocycles. The second-order valence-electron chi connectivity index (χ2n) is 3.53. The van der Waals surface area contributed by atoms with Gasteiger partial charge in [-0.15, -0.1) is 0 Å². The molecule has 0 amide bonds. The first-order valence-corrected chi connectivity index (χ1v) is 5.11. The van der Waals surface area contributed by atoms with Crippen molar-refractivity contribution in [3.8, 4) is 5.75 Å². The number of hydrogen-bond donors (Lipinski definition) is 1. The Morgan fingerprint density at radius 2 is 2.27 bits per heavy atom. The Morgan fingerprint density at radius 3 is 2.93 bits per heavy atom. The van der Waals surface area contributed by atoms with Gasteiger partial charge in [0.15, 0.2) is 0 Å². The molecule has 15 heavy (non-hydrogen) atoms. The van der Waals surface area contributed by atoms with E-state index < -0.39 is 0 Å². The lowest BCUT2D eigenvalue weighted by Gasteiger charge is -2.22. The zero-order valence-electron chi connectivity index (χ0n) is 8.38. The Bertz CT molecular complexity index is 463. The normalized spacial score (nSPS) is 17.5. The first kappa shape index (κ1) is 10.3. The summed E-state index contributed by atoms with van der Waals surface area (Å²) in [5, 5.41) is 1.68. The molecule has 1 heterocycles. The number of fused-ring (bicyclic) bond motifs is 1. The highest BCUT2D eigenvalue weighted by Crippen LogP contribution is 2.37. The molecule has 0 saturated carbocycles. The highest BCUT2D eigenvalue weighted by molar-refractivity contribution is 7.83. The summed E-state index contributed by atoms with van der Waals surface area (Å²) in [7, 11) is 0. The van der Waals surface area contributed by atoms with Crippen molar-refractivity contribution in [3.63, 3.8) is 0 Å². The Balaban J connectivity index is 2.64. The Hall–Kier alpha value is -1.22. The van der Waals surface area contributed by atoms with Gasteiger partial charge >= 0.3 is 0 Å². The lowest BCUT2D eigenvalue weighted by molar-refractivity contribution is 0.346. The molecule has 0 bridgehead atoms. The van der Waals surface area contributed by atoms with Gasteiger partial charge in [0.1, 0.15) is 18.2 Å². The van der Waals surface area contributed by atoms with Crippen molar-refractivity contribution in [2.75, 3.05) is 6.61 Å². The van der Waals surface area contributed by atoms with Gasteiger partial charge in [-0.05, 0) is 35.1 Å². The summed E-state index contributed by atoms with van der Waals surface area (Å²) in [6.07, 6.45) is 0. The zero-order valence-corrected chi connectivity index (χ0v) is 9.27. The molecule has 0 atom stereocenters. The van der Waals surface area contributed by atoms with Crippen LogP contribution < -0.4 is 4.74 Å². The predicted molar refractivity (Wildman–Crippen MR) is 62.7 cm³/mol. The minimum Gasteiger partial charge on any atom is -0.488 e. The Kier molecular flexibility index (Phi) is 2.57. The van der Waals surface area contributed by atoms with Gasteiger partial charge in [-0.2, -0.15) is 12.6 Å². The smallest absolute Gasteiger partial charge is 0.130 e. The number of benzene rings is 1. The number of ether oxygens (including phenoxy) is 1. The van der Waals surface area contributed by atoms with Crippen LogP contribution in [0.4, 0.5) is 4.39 Å². The van der Waals surface area contributed by atoms with Crippen molar-refractivity contribution >= 4 is 18.2 Å². The van der Waals surface area contributed by atoms with E-state index in [1.165, 1.54) is 6.07 Å². The lowest BCUT2D eigenvalue weighted by Crippen LogP contribution is -2.11. The average molecular weight is 222 g/mol. The van der Waals surface area contributed by atoms with Gasteiger partial charge in [0, 0.05) is 11.6 Å². The van der Waals surface area contributed by atoms with Crippen LogP contribution in [0.15, 0.2) is 29.7 Å². The molecule has 1 aliphatic rings. The highest BCUT2D eigenvalue weighted by Gasteiger charge is 2.19. The van der Waals surface area contributed by atoms with Gasteiger partial charge in [-0.25, -0.2) is 4.39 Å². The first-order valence-electron chi connectivity index (χ1n) is 4.59. The van der Waals surface area contributed by atoms with Crippen LogP contribution in [0.25, 0.3) is 5.57 Å². The maximum Gasteiger partial charge on any atom is 0.130 e. The van der Waals surface area contributed by atoms with Gasteiger partial charge in [0.05, 0.1) is 0 Å². The third kappa shape index (κ3) is 1.67. The highest BCUT2D eigenvalue weighted by atomic mass is 32.1. The van der Waals surface area contributed by atoms with Gasteiger partial charge < -0.3 is 4.74 Å². The number of rotatable bonds is 0. The van der Waals surface area contributed by atoms with Crippen molar-refractivity contribution in [1.82, 2.24) is 0 Å². The van der Waals surface area contributed by atoms with Crippen molar-refractivity contribution in [2.24, 2.45) is 0 Å². The summed E-state index contributed by atoms with van der Waals surface area (Å²) in [4.78, 5) is 0. The monoisotopic (exact) mass is 222 g/mol. The number of thiol groups is 1. The Morgan fingerprint density at radius 1 is 1.53 bits per heavy atom. The second-order valence-corrected chi connectivity index (χ2v) is 3.79. The average Bonchev–Trinajstić information content (AvgIpc) is 2.21. The summed E-state index contributed by atoms with van der Waals surface area (Å²) < 4.78 is 18.7. The van der Waals surface area contributed by atoms with Crippen molar-refractivity contribution in [2.45, 2.75) is 6.92 Å². The summed E-state index contributed by atoms with van der Waals surface area (Å²) in [5.74, 6) is 0.311. The maximum atomic E-state index is 13.3. The fourth-order valence-corrected chi connectivity index (χ4v) is 1.91. The summed E-state index contributed by atoms with van der Waals surface area (Å²) in [6, 6.07) is 3.17. The molecular weight excluding hydrogens is 211 g/mol. The Labute approximate surface area is 93.7 Å². The molecule has 3 heteroatoms. The van der Waals surface area contributed by atoms with E-state index in [0.29, 0.717) is 17.9 Å². The van der Waals surface area contributed by atoms with Crippen LogP contribution in [-0.2, 0) is 0 Å². The van der Waals surface area contributed by atoms with E-state index in [1.54, 1.807) is 18.4 Å². The molecule has 0 N–H and O–H groups in total. The van der Waals surface area contributed by atoms with Crippen LogP contribution in [0.3, 0.4) is 0 Å². The molecule has 0 spiro atoms. The maximum absolute atomic E-state index is 13.3. The van der Waals surface area contributed by atoms with E-state index in [2.05, 4.69) is 19.2 Å². The van der Waals surface area contributed by atoms with Crippen LogP contribution in [0, 0.1) is 12.7 Å². The van der Waals surface area contributed by atoms with Crippen LogP contribution in [0.5, 0.6) is 5.75 Å². The molecule has 0 aliphatic carbocycles. The van der Waals surface area contributed by atoms with Crippen molar-refractivity contribution < 1.29 is 9.13 Å². The van der Waals surface area contributed by atoms with E-state index in [-0.39, 0.29) is 5.82 Å². The fourth-order valence-electron chi connectivity index (χ4n) is 1.59. The minimum atomic E-state index is -0.250. The fraction of sp³-hybridized carbons (Fsp3) is 0.167. The SMILES string of the molecule is C=C1COc2cc(F)c(C)cc2/C1=C/S. The van der Waals surface area contributed by atoms with Gasteiger partial charge in [-0.3, -0.25) is 0 Å². The molecule has 2 rings (SSSR count). The van der Waals surface area contributed by atoms with E-state index in [0.717, 1.165) is 16.7 Å². The molecule has 78 valence electrons. The number of hydrogen-bond acceptors (Lipinski definition) is 2. The van der Waals surface area contributed by atoms with Crippen molar-refractivity contribution in [3.05, 3.63) is 46.6 Å². The summed E-state index contributed by atoms with van der Waals surface area (Å²) in [5.41, 5.74) is 3.24. The van der Waals surface area contributed by atoms with Crippen LogP contribution in [0.2, 0.25) is 0 Å². The molecule has 0 unspecified atom stereocenters. The zero-order chi connectivity index (χ0) is 11.0. The van der Waals surface area contributed by atoms with E-state index in [9.17, 15) is 4.39 Å². The molecule has 1 aromatic carbocycles. The molecule has 0 radical (unpaired) electrons. The topological polar surface area (TPSA) is 9.23 Å². The largest absolute Gasteiger partial charge is 0.488 e. The second kappa shape index (κ2) is 3.74. The van der Waals surface area contributed by atoms with E-state index in [1.807, 2.05) is 0 Å². The molecule has 1 aliphatic heterocycles. The quantitative estimate of drug-likeness (QED) is 0.662. The lowest BCUT2D eigenvalue weighted by atomic mass is 9.96.